The lowest BCUT2D eigenvalue weighted by Crippen LogP contribution is -2.02. The normalized spacial score (nSPS) is 10.7. The lowest BCUT2D eigenvalue weighted by atomic mass is 10.1. The number of nitrogens with one attached hydrogen (secondary N) is 1. The van der Waals surface area contributed by atoms with Crippen LogP contribution >= 0.6 is 46.4 Å². The van der Waals surface area contributed by atoms with Gasteiger partial charge in [0, 0.05) is 12.1 Å². The largest absolute Gasteiger partial charge is 0.324 e. The molecule has 7 nitrogen and oxygen atoms in total. The van der Waals surface area contributed by atoms with Gasteiger partial charge >= 0.3 is 0 Å². The quantitative estimate of drug-likeness (QED) is 0.704. The molecule has 0 amide bonds. The number of hydrogen-bond acceptors (Lipinski definition) is 7. The van der Waals surface area contributed by atoms with Crippen molar-refractivity contribution in [3.05, 3.63) is 56.8 Å². The molecule has 0 fully saturated rings. The van der Waals surface area contributed by atoms with Crippen molar-refractivity contribution in [1.29, 1.82) is 0 Å². The highest BCUT2D eigenvalue weighted by molar-refractivity contribution is 6.31. The van der Waals surface area contributed by atoms with E-state index in [-0.39, 0.29) is 27.1 Å². The second kappa shape index (κ2) is 7.40. The van der Waals surface area contributed by atoms with Crippen LogP contribution in [0.25, 0.3) is 0 Å². The second-order valence-electron chi connectivity index (χ2n) is 4.49. The summed E-state index contributed by atoms with van der Waals surface area (Å²) in [7, 11) is 0. The van der Waals surface area contributed by atoms with Crippen LogP contribution in [0.3, 0.4) is 0 Å². The predicted molar refractivity (Wildman–Crippen MR) is 92.2 cm³/mol. The first-order valence-corrected chi connectivity index (χ1v) is 7.98. The van der Waals surface area contributed by atoms with E-state index in [0.717, 1.165) is 11.3 Å². The molecule has 0 aliphatic rings. The Hall–Kier alpha value is -1.80. The van der Waals surface area contributed by atoms with E-state index in [1.54, 1.807) is 0 Å². The number of aromatic nitrogens is 6. The molecule has 0 aliphatic carbocycles. The lowest BCUT2D eigenvalue weighted by Gasteiger charge is -2.07. The van der Waals surface area contributed by atoms with E-state index in [9.17, 15) is 0 Å². The molecule has 2 heterocycles. The number of nitrogens with zero attached hydrogens (tertiary/aromatic N) is 6. The van der Waals surface area contributed by atoms with Crippen LogP contribution in [-0.2, 0) is 6.42 Å². The number of anilines is 2. The van der Waals surface area contributed by atoms with E-state index >= 15 is 0 Å². The van der Waals surface area contributed by atoms with Gasteiger partial charge in [-0.1, -0.05) is 12.1 Å². The highest BCUT2D eigenvalue weighted by Gasteiger charge is 2.07. The summed E-state index contributed by atoms with van der Waals surface area (Å²) in [5.74, 6) is 0.701. The Labute approximate surface area is 156 Å². The molecule has 0 saturated carbocycles. The van der Waals surface area contributed by atoms with Crippen molar-refractivity contribution in [3.8, 4) is 0 Å². The lowest BCUT2D eigenvalue weighted by molar-refractivity contribution is 0.919. The zero-order valence-corrected chi connectivity index (χ0v) is 14.7. The molecule has 3 rings (SSSR count). The van der Waals surface area contributed by atoms with E-state index in [2.05, 4.69) is 35.2 Å². The number of halogens is 4. The van der Waals surface area contributed by atoms with Gasteiger partial charge in [0.15, 0.2) is 0 Å². The van der Waals surface area contributed by atoms with Gasteiger partial charge in [0.1, 0.15) is 5.82 Å². The molecule has 0 unspecified atom stereocenters. The van der Waals surface area contributed by atoms with Gasteiger partial charge in [-0.05, 0) is 64.1 Å². The number of rotatable bonds is 4. The summed E-state index contributed by atoms with van der Waals surface area (Å²) in [6.07, 6.45) is 0.427. The van der Waals surface area contributed by atoms with Crippen LogP contribution < -0.4 is 5.32 Å². The molecule has 0 bridgehead atoms. The third-order valence-corrected chi connectivity index (χ3v) is 3.43. The van der Waals surface area contributed by atoms with Crippen molar-refractivity contribution in [2.24, 2.45) is 0 Å². The molecule has 0 atom stereocenters. The van der Waals surface area contributed by atoms with Gasteiger partial charge in [-0.2, -0.15) is 19.9 Å². The average Bonchev–Trinajstić information content (AvgIpc) is 2.45. The van der Waals surface area contributed by atoms with Crippen molar-refractivity contribution in [2.45, 2.75) is 6.42 Å². The van der Waals surface area contributed by atoms with E-state index in [0.29, 0.717) is 12.2 Å². The van der Waals surface area contributed by atoms with Crippen LogP contribution in [0.15, 0.2) is 24.3 Å². The van der Waals surface area contributed by atoms with Crippen LogP contribution in [-0.4, -0.2) is 29.9 Å². The monoisotopic (exact) mass is 401 g/mol. The molecule has 11 heteroatoms. The van der Waals surface area contributed by atoms with Gasteiger partial charge in [0.2, 0.25) is 27.1 Å². The van der Waals surface area contributed by atoms with Gasteiger partial charge in [-0.3, -0.25) is 0 Å². The first kappa shape index (κ1) is 17.0. The fraction of sp³-hybridized carbons (Fsp3) is 0.0769. The molecule has 24 heavy (non-hydrogen) atoms. The first-order valence-electron chi connectivity index (χ1n) is 6.47. The van der Waals surface area contributed by atoms with E-state index in [4.69, 9.17) is 46.4 Å². The van der Waals surface area contributed by atoms with E-state index in [1.165, 1.54) is 0 Å². The van der Waals surface area contributed by atoms with Gasteiger partial charge in [-0.25, -0.2) is 9.97 Å². The van der Waals surface area contributed by atoms with Gasteiger partial charge in [0.25, 0.3) is 0 Å². The Morgan fingerprint density at radius 2 is 1.33 bits per heavy atom. The van der Waals surface area contributed by atoms with Crippen LogP contribution in [0, 0.1) is 0 Å². The smallest absolute Gasteiger partial charge is 0.232 e. The molecule has 0 aliphatic heterocycles. The summed E-state index contributed by atoms with van der Waals surface area (Å²) >= 11 is 23.1. The minimum atomic E-state index is 0.00289. The molecular weight excluding hydrogens is 396 g/mol. The van der Waals surface area contributed by atoms with Gasteiger partial charge in [-0.15, -0.1) is 0 Å². The van der Waals surface area contributed by atoms with Crippen molar-refractivity contribution >= 4 is 58.0 Å². The van der Waals surface area contributed by atoms with Crippen molar-refractivity contribution in [2.75, 3.05) is 5.32 Å². The third-order valence-electron chi connectivity index (χ3n) is 2.75. The summed E-state index contributed by atoms with van der Waals surface area (Å²) in [5, 5.41) is 3.10. The SMILES string of the molecule is Clc1nc(Cl)nc(Cc2cccc(Nc3nc(Cl)nc(Cl)n3)c2)n1. The third kappa shape index (κ3) is 4.61. The maximum absolute atomic E-state index is 5.78. The highest BCUT2D eigenvalue weighted by Crippen LogP contribution is 2.19. The topological polar surface area (TPSA) is 89.4 Å². The van der Waals surface area contributed by atoms with Crippen molar-refractivity contribution in [1.82, 2.24) is 29.9 Å². The molecule has 0 spiro atoms. The Bertz CT molecular complexity index is 781. The zero-order chi connectivity index (χ0) is 17.1. The van der Waals surface area contributed by atoms with Crippen LogP contribution in [0.5, 0.6) is 0 Å². The maximum atomic E-state index is 5.78. The predicted octanol–water partition coefficient (Wildman–Crippen LogP) is 4.00. The molecule has 1 aromatic carbocycles. The standard InChI is InChI=1S/C13H7Cl4N7/c14-9-19-8(20-10(15)21-9)5-6-2-1-3-7(4-6)18-13-23-11(16)22-12(17)24-13/h1-4H,5H2,(H,18,22,23,24). The number of benzene rings is 1. The van der Waals surface area contributed by atoms with Crippen molar-refractivity contribution < 1.29 is 0 Å². The van der Waals surface area contributed by atoms with Crippen molar-refractivity contribution in [3.63, 3.8) is 0 Å². The average molecular weight is 403 g/mol. The fourth-order valence-corrected chi connectivity index (χ4v) is 2.66. The summed E-state index contributed by atoms with van der Waals surface area (Å²) in [6.45, 7) is 0. The Morgan fingerprint density at radius 1 is 0.750 bits per heavy atom. The maximum Gasteiger partial charge on any atom is 0.232 e. The van der Waals surface area contributed by atoms with Gasteiger partial charge in [0.05, 0.1) is 0 Å². The summed E-state index contributed by atoms with van der Waals surface area (Å²) in [5.41, 5.74) is 1.65. The second-order valence-corrected chi connectivity index (χ2v) is 5.84. The molecule has 122 valence electrons. The Morgan fingerprint density at radius 3 is 1.96 bits per heavy atom. The Balaban J connectivity index is 1.81. The van der Waals surface area contributed by atoms with E-state index < -0.39 is 0 Å². The van der Waals surface area contributed by atoms with Crippen LogP contribution in [0.4, 0.5) is 11.6 Å². The van der Waals surface area contributed by atoms with Crippen LogP contribution in [0.1, 0.15) is 11.4 Å². The first-order chi connectivity index (χ1) is 11.5. The Kier molecular flexibility index (Phi) is 5.25. The van der Waals surface area contributed by atoms with Gasteiger partial charge < -0.3 is 5.32 Å². The van der Waals surface area contributed by atoms with E-state index in [1.807, 2.05) is 24.3 Å². The summed E-state index contributed by atoms with van der Waals surface area (Å²) < 4.78 is 0. The highest BCUT2D eigenvalue weighted by atomic mass is 35.5. The molecule has 0 radical (unpaired) electrons. The summed E-state index contributed by atoms with van der Waals surface area (Å²) in [6, 6.07) is 7.47. The van der Waals surface area contributed by atoms with Crippen LogP contribution in [0.2, 0.25) is 21.1 Å². The molecule has 1 N–H and O–H groups in total. The number of hydrogen-bond donors (Lipinski definition) is 1. The molecular formula is C13H7Cl4N7. The fourth-order valence-electron chi connectivity index (χ4n) is 1.90. The molecule has 3 aromatic rings. The molecule has 0 saturated heterocycles. The summed E-state index contributed by atoms with van der Waals surface area (Å²) in [4.78, 5) is 23.4. The minimum Gasteiger partial charge on any atom is -0.324 e. The minimum absolute atomic E-state index is 0.00289. The zero-order valence-electron chi connectivity index (χ0n) is 11.7. The molecule has 2 aromatic heterocycles.